The zero-order chi connectivity index (χ0) is 18.5. The Bertz CT molecular complexity index is 781. The van der Waals surface area contributed by atoms with Crippen molar-refractivity contribution in [3.05, 3.63) is 47.8 Å². The highest BCUT2D eigenvalue weighted by molar-refractivity contribution is 7.97. The van der Waals surface area contributed by atoms with Gasteiger partial charge in [-0.15, -0.1) is 0 Å². The molecule has 1 aliphatic rings. The van der Waals surface area contributed by atoms with Crippen molar-refractivity contribution in [2.45, 2.75) is 24.5 Å². The van der Waals surface area contributed by atoms with Crippen molar-refractivity contribution in [3.63, 3.8) is 0 Å². The summed E-state index contributed by atoms with van der Waals surface area (Å²) in [6.07, 6.45) is 7.63. The van der Waals surface area contributed by atoms with E-state index in [1.54, 1.807) is 21.3 Å². The summed E-state index contributed by atoms with van der Waals surface area (Å²) in [6, 6.07) is 7.61. The third kappa shape index (κ3) is 4.27. The number of carbonyl (C=O) groups is 2. The number of thioether (sulfide) groups is 1. The van der Waals surface area contributed by atoms with Crippen molar-refractivity contribution in [3.8, 4) is 0 Å². The Balaban J connectivity index is 1.57. The molecule has 1 saturated heterocycles. The van der Waals surface area contributed by atoms with E-state index >= 15 is 0 Å². The van der Waals surface area contributed by atoms with Crippen LogP contribution in [0, 0.1) is 0 Å². The van der Waals surface area contributed by atoms with Crippen LogP contribution in [0.1, 0.15) is 29.9 Å². The molecule has 0 bridgehead atoms. The molecule has 26 heavy (non-hydrogen) atoms. The van der Waals surface area contributed by atoms with Gasteiger partial charge >= 0.3 is 11.8 Å². The van der Waals surface area contributed by atoms with E-state index in [4.69, 9.17) is 0 Å². The fraction of sp³-hybridized carbons (Fsp3) is 0.421. The number of hydrogen-bond donors (Lipinski definition) is 1. The first-order valence-corrected chi connectivity index (χ1v) is 10.1. The molecule has 1 aromatic carbocycles. The average Bonchev–Trinajstić information content (AvgIpc) is 3.09. The molecule has 6 nitrogen and oxygen atoms in total. The number of rotatable bonds is 4. The van der Waals surface area contributed by atoms with Crippen LogP contribution in [-0.2, 0) is 22.4 Å². The van der Waals surface area contributed by atoms with E-state index in [9.17, 15) is 9.59 Å². The molecule has 0 spiro atoms. The second-order valence-electron chi connectivity index (χ2n) is 6.56. The minimum absolute atomic E-state index is 0.401. The maximum Gasteiger partial charge on any atom is 0.313 e. The van der Waals surface area contributed by atoms with Gasteiger partial charge in [0.05, 0.1) is 6.20 Å². The number of anilines is 1. The molecule has 2 amide bonds. The summed E-state index contributed by atoms with van der Waals surface area (Å²) in [5, 5.41) is 7.00. The normalized spacial score (nSPS) is 15.1. The number of nitrogens with one attached hydrogen (secondary N) is 1. The third-order valence-corrected chi connectivity index (χ3v) is 5.34. The van der Waals surface area contributed by atoms with E-state index in [-0.39, 0.29) is 0 Å². The molecule has 2 heterocycles. The van der Waals surface area contributed by atoms with Crippen LogP contribution in [0.2, 0.25) is 0 Å². The standard InChI is InChI=1S/C19H24N4O2S/c1-22-12-16(11-20-22)14-7-9-23(10-8-14)19(25)18(24)21-17-6-4-3-5-15(17)13-26-2/h3-6,11-12,14H,7-10,13H2,1-2H3,(H,21,24). The molecule has 3 rings (SSSR count). The molecule has 1 aliphatic heterocycles. The van der Waals surface area contributed by atoms with Crippen LogP contribution >= 0.6 is 11.8 Å². The van der Waals surface area contributed by atoms with E-state index in [2.05, 4.69) is 10.4 Å². The van der Waals surface area contributed by atoms with Crippen molar-refractivity contribution in [1.29, 1.82) is 0 Å². The number of piperidine rings is 1. The molecule has 1 N–H and O–H groups in total. The molecule has 7 heteroatoms. The van der Waals surface area contributed by atoms with Crippen molar-refractivity contribution in [2.24, 2.45) is 7.05 Å². The number of carbonyl (C=O) groups excluding carboxylic acids is 2. The predicted molar refractivity (Wildman–Crippen MR) is 104 cm³/mol. The molecule has 0 saturated carbocycles. The summed E-state index contributed by atoms with van der Waals surface area (Å²) in [6.45, 7) is 1.19. The lowest BCUT2D eigenvalue weighted by Gasteiger charge is -2.31. The van der Waals surface area contributed by atoms with Gasteiger partial charge in [0, 0.05) is 37.8 Å². The van der Waals surface area contributed by atoms with Crippen LogP contribution in [0.3, 0.4) is 0 Å². The van der Waals surface area contributed by atoms with E-state index in [1.807, 2.05) is 50.0 Å². The number of likely N-dealkylation sites (tertiary alicyclic amines) is 1. The van der Waals surface area contributed by atoms with Gasteiger partial charge in [0.25, 0.3) is 0 Å². The minimum atomic E-state index is -0.557. The maximum absolute atomic E-state index is 12.5. The predicted octanol–water partition coefficient (Wildman–Crippen LogP) is 2.63. The third-order valence-electron chi connectivity index (χ3n) is 4.74. The van der Waals surface area contributed by atoms with Gasteiger partial charge in [-0.05, 0) is 42.2 Å². The van der Waals surface area contributed by atoms with Gasteiger partial charge in [0.15, 0.2) is 0 Å². The molecule has 138 valence electrons. The quantitative estimate of drug-likeness (QED) is 0.838. The lowest BCUT2D eigenvalue weighted by atomic mass is 9.91. The zero-order valence-corrected chi connectivity index (χ0v) is 16.0. The summed E-state index contributed by atoms with van der Waals surface area (Å²) in [5.41, 5.74) is 2.94. The number of amides is 2. The summed E-state index contributed by atoms with van der Waals surface area (Å²) >= 11 is 1.68. The van der Waals surface area contributed by atoms with Crippen LogP contribution in [-0.4, -0.2) is 45.8 Å². The summed E-state index contributed by atoms with van der Waals surface area (Å²) in [4.78, 5) is 26.6. The molecule has 0 radical (unpaired) electrons. The number of aryl methyl sites for hydroxylation is 1. The Hall–Kier alpha value is -2.28. The number of benzene rings is 1. The van der Waals surface area contributed by atoms with Crippen molar-refractivity contribution in [1.82, 2.24) is 14.7 Å². The Morgan fingerprint density at radius 3 is 2.65 bits per heavy atom. The molecule has 1 fully saturated rings. The number of hydrogen-bond acceptors (Lipinski definition) is 4. The molecule has 0 aliphatic carbocycles. The van der Waals surface area contributed by atoms with Crippen LogP contribution in [0.25, 0.3) is 0 Å². The second kappa shape index (κ2) is 8.40. The van der Waals surface area contributed by atoms with Crippen molar-refractivity contribution in [2.75, 3.05) is 24.7 Å². The number of nitrogens with zero attached hydrogens (tertiary/aromatic N) is 3. The van der Waals surface area contributed by atoms with E-state index < -0.39 is 11.8 Å². The molecule has 0 unspecified atom stereocenters. The highest BCUT2D eigenvalue weighted by atomic mass is 32.2. The minimum Gasteiger partial charge on any atom is -0.334 e. The zero-order valence-electron chi connectivity index (χ0n) is 15.1. The summed E-state index contributed by atoms with van der Waals surface area (Å²) in [5.74, 6) is 0.186. The van der Waals surface area contributed by atoms with Gasteiger partial charge in [0.1, 0.15) is 0 Å². The van der Waals surface area contributed by atoms with Gasteiger partial charge in [-0.1, -0.05) is 18.2 Å². The maximum atomic E-state index is 12.5. The first-order chi connectivity index (χ1) is 12.6. The van der Waals surface area contributed by atoms with Crippen LogP contribution < -0.4 is 5.32 Å². The summed E-state index contributed by atoms with van der Waals surface area (Å²) < 4.78 is 1.80. The Morgan fingerprint density at radius 1 is 1.27 bits per heavy atom. The van der Waals surface area contributed by atoms with Crippen LogP contribution in [0.5, 0.6) is 0 Å². The topological polar surface area (TPSA) is 67.2 Å². The van der Waals surface area contributed by atoms with E-state index in [1.165, 1.54) is 5.56 Å². The summed E-state index contributed by atoms with van der Waals surface area (Å²) in [7, 11) is 1.90. The second-order valence-corrected chi connectivity index (χ2v) is 7.42. The van der Waals surface area contributed by atoms with E-state index in [0.29, 0.717) is 24.7 Å². The Morgan fingerprint density at radius 2 is 2.00 bits per heavy atom. The SMILES string of the molecule is CSCc1ccccc1NC(=O)C(=O)N1CCC(c2cnn(C)c2)CC1. The van der Waals surface area contributed by atoms with Crippen molar-refractivity contribution >= 4 is 29.3 Å². The fourth-order valence-corrected chi connectivity index (χ4v) is 3.87. The highest BCUT2D eigenvalue weighted by Gasteiger charge is 2.28. The van der Waals surface area contributed by atoms with Gasteiger partial charge in [0.2, 0.25) is 0 Å². The Kier molecular flexibility index (Phi) is 5.98. The lowest BCUT2D eigenvalue weighted by Crippen LogP contribution is -2.43. The molecule has 2 aromatic rings. The fourth-order valence-electron chi connectivity index (χ4n) is 3.31. The monoisotopic (exact) mass is 372 g/mol. The molecular formula is C19H24N4O2S. The molecule has 0 atom stereocenters. The van der Waals surface area contributed by atoms with Gasteiger partial charge < -0.3 is 10.2 Å². The van der Waals surface area contributed by atoms with Crippen molar-refractivity contribution < 1.29 is 9.59 Å². The van der Waals surface area contributed by atoms with Gasteiger partial charge in [-0.25, -0.2) is 0 Å². The first kappa shape index (κ1) is 18.5. The first-order valence-electron chi connectivity index (χ1n) is 8.74. The molecule has 1 aromatic heterocycles. The molecular weight excluding hydrogens is 348 g/mol. The smallest absolute Gasteiger partial charge is 0.313 e. The highest BCUT2D eigenvalue weighted by Crippen LogP contribution is 2.27. The van der Waals surface area contributed by atoms with Gasteiger partial charge in [-0.3, -0.25) is 14.3 Å². The van der Waals surface area contributed by atoms with Gasteiger partial charge in [-0.2, -0.15) is 16.9 Å². The van der Waals surface area contributed by atoms with E-state index in [0.717, 1.165) is 24.2 Å². The van der Waals surface area contributed by atoms with Crippen LogP contribution in [0.15, 0.2) is 36.7 Å². The largest absolute Gasteiger partial charge is 0.334 e. The number of aromatic nitrogens is 2. The van der Waals surface area contributed by atoms with Crippen LogP contribution in [0.4, 0.5) is 5.69 Å². The number of para-hydroxylation sites is 1. The Labute approximate surface area is 157 Å². The average molecular weight is 372 g/mol. The lowest BCUT2D eigenvalue weighted by molar-refractivity contribution is -0.143.